The van der Waals surface area contributed by atoms with Gasteiger partial charge in [-0.25, -0.2) is 0 Å². The largest absolute Gasteiger partial charge is 0.392 e. The standard InChI is InChI=1S/C8H10O2.2C7H8O3S/c9-5-7-3-1-2-4-8(7)6-10;2*1-6-4-2-3-5-7(6)11(8,9)10/h1-4,9-10H,5-6H2;2*2-5H,1H3,(H,8,9,10). The zero-order chi connectivity index (χ0) is 24.4. The van der Waals surface area contributed by atoms with E-state index < -0.39 is 20.2 Å². The number of aliphatic hydroxyl groups is 2. The summed E-state index contributed by atoms with van der Waals surface area (Å²) in [5, 5.41) is 17.5. The summed E-state index contributed by atoms with van der Waals surface area (Å²) in [6.45, 7) is 3.25. The molecular formula is C22H26O8S2. The predicted octanol–water partition coefficient (Wildman–Crippen LogP) is 3.15. The molecule has 0 aliphatic carbocycles. The van der Waals surface area contributed by atoms with Crippen LogP contribution in [0.3, 0.4) is 0 Å². The molecule has 0 spiro atoms. The first-order valence-electron chi connectivity index (χ1n) is 9.26. The van der Waals surface area contributed by atoms with Crippen LogP contribution in [0.1, 0.15) is 22.3 Å². The van der Waals surface area contributed by atoms with Crippen molar-refractivity contribution >= 4 is 20.2 Å². The van der Waals surface area contributed by atoms with E-state index in [2.05, 4.69) is 0 Å². The van der Waals surface area contributed by atoms with E-state index in [1.807, 2.05) is 12.1 Å². The van der Waals surface area contributed by atoms with Gasteiger partial charge in [-0.3, -0.25) is 9.11 Å². The van der Waals surface area contributed by atoms with Gasteiger partial charge in [0.1, 0.15) is 0 Å². The van der Waals surface area contributed by atoms with Crippen molar-refractivity contribution in [3.05, 3.63) is 95.1 Å². The molecule has 4 N–H and O–H groups in total. The minimum absolute atomic E-state index is 0.00324. The van der Waals surface area contributed by atoms with Gasteiger partial charge in [-0.2, -0.15) is 16.8 Å². The second kappa shape index (κ2) is 12.4. The van der Waals surface area contributed by atoms with Crippen LogP contribution in [0.15, 0.2) is 82.6 Å². The lowest BCUT2D eigenvalue weighted by atomic mass is 10.1. The SMILES string of the molecule is Cc1ccccc1S(=O)(=O)O.Cc1ccccc1S(=O)(=O)O.OCc1ccccc1CO. The highest BCUT2D eigenvalue weighted by Crippen LogP contribution is 2.13. The van der Waals surface area contributed by atoms with Gasteiger partial charge >= 0.3 is 0 Å². The molecule has 3 aromatic carbocycles. The lowest BCUT2D eigenvalue weighted by Gasteiger charge is -2.01. The number of hydrogen-bond donors (Lipinski definition) is 4. The molecule has 0 fully saturated rings. The molecule has 8 nitrogen and oxygen atoms in total. The zero-order valence-corrected chi connectivity index (χ0v) is 19.2. The van der Waals surface area contributed by atoms with Gasteiger partial charge in [0.15, 0.2) is 0 Å². The average Bonchev–Trinajstić information content (AvgIpc) is 2.73. The smallest absolute Gasteiger partial charge is 0.294 e. The molecule has 0 aliphatic rings. The van der Waals surface area contributed by atoms with Gasteiger partial charge in [0.2, 0.25) is 0 Å². The summed E-state index contributed by atoms with van der Waals surface area (Å²) < 4.78 is 59.7. The summed E-state index contributed by atoms with van der Waals surface area (Å²) >= 11 is 0. The summed E-state index contributed by atoms with van der Waals surface area (Å²) in [4.78, 5) is -0.0556. The Morgan fingerprint density at radius 3 is 1.06 bits per heavy atom. The van der Waals surface area contributed by atoms with Gasteiger partial charge in [0.05, 0.1) is 23.0 Å². The molecule has 3 aromatic rings. The third-order valence-electron chi connectivity index (χ3n) is 4.20. The highest BCUT2D eigenvalue weighted by Gasteiger charge is 2.11. The normalized spacial score (nSPS) is 10.9. The maximum Gasteiger partial charge on any atom is 0.294 e. The average molecular weight is 483 g/mol. The monoisotopic (exact) mass is 482 g/mol. The Kier molecular flexibility index (Phi) is 10.7. The maximum atomic E-state index is 10.6. The van der Waals surface area contributed by atoms with Gasteiger partial charge in [0.25, 0.3) is 20.2 Å². The van der Waals surface area contributed by atoms with E-state index in [1.165, 1.54) is 12.1 Å². The molecule has 0 unspecified atom stereocenters. The minimum atomic E-state index is -4.03. The number of aliphatic hydroxyl groups excluding tert-OH is 2. The Hall–Kier alpha value is -2.60. The molecule has 174 valence electrons. The van der Waals surface area contributed by atoms with Gasteiger partial charge in [-0.05, 0) is 48.2 Å². The maximum absolute atomic E-state index is 10.6. The topological polar surface area (TPSA) is 149 Å². The van der Waals surface area contributed by atoms with Crippen molar-refractivity contribution in [3.63, 3.8) is 0 Å². The van der Waals surface area contributed by atoms with Crippen LogP contribution < -0.4 is 0 Å². The van der Waals surface area contributed by atoms with Crippen LogP contribution in [0.2, 0.25) is 0 Å². The molecule has 32 heavy (non-hydrogen) atoms. The lowest BCUT2D eigenvalue weighted by Crippen LogP contribution is -1.99. The molecule has 0 amide bonds. The van der Waals surface area contributed by atoms with E-state index in [0.29, 0.717) is 11.1 Å². The summed E-state index contributed by atoms with van der Waals surface area (Å²) in [5.41, 5.74) is 2.69. The van der Waals surface area contributed by atoms with Gasteiger partial charge in [-0.1, -0.05) is 60.7 Å². The van der Waals surface area contributed by atoms with Crippen molar-refractivity contribution in [2.24, 2.45) is 0 Å². The molecule has 0 atom stereocenters. The fourth-order valence-corrected chi connectivity index (χ4v) is 4.01. The Morgan fingerprint density at radius 1 is 0.562 bits per heavy atom. The first-order valence-corrected chi connectivity index (χ1v) is 12.1. The van der Waals surface area contributed by atoms with Crippen molar-refractivity contribution < 1.29 is 36.2 Å². The third-order valence-corrected chi connectivity index (χ3v) is 6.23. The van der Waals surface area contributed by atoms with E-state index in [-0.39, 0.29) is 23.0 Å². The summed E-state index contributed by atoms with van der Waals surface area (Å²) in [6, 6.07) is 19.8. The Labute approximate surface area is 188 Å². The van der Waals surface area contributed by atoms with Crippen molar-refractivity contribution in [3.8, 4) is 0 Å². The first-order chi connectivity index (χ1) is 14.9. The predicted molar refractivity (Wildman–Crippen MR) is 120 cm³/mol. The Morgan fingerprint density at radius 2 is 0.844 bits per heavy atom. The Bertz CT molecular complexity index is 1120. The molecule has 0 heterocycles. The summed E-state index contributed by atoms with van der Waals surface area (Å²) in [6.07, 6.45) is 0. The van der Waals surface area contributed by atoms with Crippen molar-refractivity contribution in [2.75, 3.05) is 0 Å². The minimum Gasteiger partial charge on any atom is -0.392 e. The van der Waals surface area contributed by atoms with Gasteiger partial charge < -0.3 is 10.2 Å². The lowest BCUT2D eigenvalue weighted by molar-refractivity contribution is 0.260. The third kappa shape index (κ3) is 8.87. The summed E-state index contributed by atoms with van der Waals surface area (Å²) in [7, 11) is -8.07. The van der Waals surface area contributed by atoms with E-state index in [0.717, 1.165) is 11.1 Å². The van der Waals surface area contributed by atoms with E-state index in [4.69, 9.17) is 19.3 Å². The molecule has 0 saturated heterocycles. The second-order valence-corrected chi connectivity index (χ2v) is 9.35. The van der Waals surface area contributed by atoms with Crippen molar-refractivity contribution in [1.82, 2.24) is 0 Å². The molecule has 10 heteroatoms. The second-order valence-electron chi connectivity index (χ2n) is 6.57. The number of aryl methyl sites for hydroxylation is 2. The van der Waals surface area contributed by atoms with Gasteiger partial charge in [-0.15, -0.1) is 0 Å². The number of benzene rings is 3. The summed E-state index contributed by atoms with van der Waals surface area (Å²) in [5.74, 6) is 0. The van der Waals surface area contributed by atoms with Crippen molar-refractivity contribution in [1.29, 1.82) is 0 Å². The number of rotatable bonds is 4. The van der Waals surface area contributed by atoms with Gasteiger partial charge in [0, 0.05) is 0 Å². The molecule has 0 radical (unpaired) electrons. The van der Waals surface area contributed by atoms with Crippen LogP contribution in [-0.4, -0.2) is 36.2 Å². The molecule has 0 aromatic heterocycles. The highest BCUT2D eigenvalue weighted by atomic mass is 32.2. The number of hydrogen-bond acceptors (Lipinski definition) is 6. The molecule has 3 rings (SSSR count). The quantitative estimate of drug-likeness (QED) is 0.414. The van der Waals surface area contributed by atoms with Crippen LogP contribution in [0.5, 0.6) is 0 Å². The highest BCUT2D eigenvalue weighted by molar-refractivity contribution is 7.86. The Balaban J connectivity index is 0.000000240. The molecule has 0 aliphatic heterocycles. The van der Waals surface area contributed by atoms with Crippen molar-refractivity contribution in [2.45, 2.75) is 36.9 Å². The van der Waals surface area contributed by atoms with Crippen LogP contribution in [0.25, 0.3) is 0 Å². The molecule has 0 bridgehead atoms. The van der Waals surface area contributed by atoms with E-state index in [9.17, 15) is 16.8 Å². The molecular weight excluding hydrogens is 456 g/mol. The van der Waals surface area contributed by atoms with Crippen LogP contribution in [0, 0.1) is 13.8 Å². The zero-order valence-electron chi connectivity index (χ0n) is 17.6. The molecule has 0 saturated carbocycles. The van der Waals surface area contributed by atoms with Crippen LogP contribution in [0.4, 0.5) is 0 Å². The fraction of sp³-hybridized carbons (Fsp3) is 0.182. The van der Waals surface area contributed by atoms with E-state index >= 15 is 0 Å². The fourth-order valence-electron chi connectivity index (χ4n) is 2.56. The first kappa shape index (κ1) is 27.4. The van der Waals surface area contributed by atoms with E-state index in [1.54, 1.807) is 62.4 Å². The van der Waals surface area contributed by atoms with Crippen LogP contribution >= 0.6 is 0 Å². The van der Waals surface area contributed by atoms with Crippen LogP contribution in [-0.2, 0) is 33.5 Å².